The average Bonchev–Trinajstić information content (AvgIpc) is 2.54. The highest BCUT2D eigenvalue weighted by molar-refractivity contribution is 7.89. The molecule has 1 aromatic rings. The molecule has 0 aliphatic carbocycles. The fourth-order valence-corrected chi connectivity index (χ4v) is 4.81. The van der Waals surface area contributed by atoms with Crippen LogP contribution in [0.15, 0.2) is 23.1 Å². The van der Waals surface area contributed by atoms with E-state index in [1.807, 2.05) is 0 Å². The predicted octanol–water partition coefficient (Wildman–Crippen LogP) is 1.92. The van der Waals surface area contributed by atoms with Gasteiger partial charge in [-0.05, 0) is 25.8 Å². The van der Waals surface area contributed by atoms with Crippen LogP contribution in [0, 0.1) is 10.1 Å². The molecule has 24 heavy (non-hydrogen) atoms. The molecule has 1 aliphatic rings. The summed E-state index contributed by atoms with van der Waals surface area (Å²) in [5.41, 5.74) is 5.64. The molecular weight excluding hydrogens is 358 g/mol. The van der Waals surface area contributed by atoms with E-state index in [1.54, 1.807) is 6.92 Å². The van der Waals surface area contributed by atoms with Crippen LogP contribution in [0.5, 0.6) is 5.75 Å². The molecule has 0 spiro atoms. The number of methoxy groups -OCH3 is 1. The zero-order valence-corrected chi connectivity index (χ0v) is 15.2. The van der Waals surface area contributed by atoms with Gasteiger partial charge in [0, 0.05) is 30.8 Å². The van der Waals surface area contributed by atoms with E-state index in [0.717, 1.165) is 18.9 Å². The Morgan fingerprint density at radius 3 is 2.62 bits per heavy atom. The summed E-state index contributed by atoms with van der Waals surface area (Å²) in [5.74, 6) is 0.0876. The molecule has 1 heterocycles. The Hall–Kier alpha value is -1.42. The lowest BCUT2D eigenvalue weighted by Gasteiger charge is -2.37. The number of nitro benzene ring substituents is 1. The molecule has 0 radical (unpaired) electrons. The van der Waals surface area contributed by atoms with Gasteiger partial charge in [-0.15, -0.1) is 12.4 Å². The van der Waals surface area contributed by atoms with Crippen LogP contribution in [0.1, 0.15) is 26.2 Å². The normalized spacial score (nSPS) is 20.0. The van der Waals surface area contributed by atoms with Crippen molar-refractivity contribution in [1.82, 2.24) is 4.31 Å². The third-order valence-electron chi connectivity index (χ3n) is 4.05. The van der Waals surface area contributed by atoms with Gasteiger partial charge in [0.2, 0.25) is 10.0 Å². The van der Waals surface area contributed by atoms with Gasteiger partial charge in [0.05, 0.1) is 12.0 Å². The number of halogens is 1. The van der Waals surface area contributed by atoms with Crippen LogP contribution in [0.25, 0.3) is 0 Å². The number of nitro groups is 1. The van der Waals surface area contributed by atoms with Crippen LogP contribution in [0.4, 0.5) is 5.69 Å². The van der Waals surface area contributed by atoms with Gasteiger partial charge >= 0.3 is 0 Å². The maximum Gasteiger partial charge on any atom is 0.271 e. The Labute approximate surface area is 147 Å². The highest BCUT2D eigenvalue weighted by Crippen LogP contribution is 2.33. The van der Waals surface area contributed by atoms with Gasteiger partial charge in [-0.2, -0.15) is 4.31 Å². The van der Waals surface area contributed by atoms with Crippen molar-refractivity contribution in [3.05, 3.63) is 28.3 Å². The number of non-ortho nitro benzene ring substituents is 1. The van der Waals surface area contributed by atoms with Crippen molar-refractivity contribution in [2.75, 3.05) is 13.7 Å². The van der Waals surface area contributed by atoms with E-state index in [1.165, 1.54) is 23.5 Å². The summed E-state index contributed by atoms with van der Waals surface area (Å²) in [4.78, 5) is 10.1. The molecule has 0 bridgehead atoms. The van der Waals surface area contributed by atoms with E-state index in [-0.39, 0.29) is 40.8 Å². The van der Waals surface area contributed by atoms with Crippen LogP contribution in [0.2, 0.25) is 0 Å². The third-order valence-corrected chi connectivity index (χ3v) is 6.00. The maximum absolute atomic E-state index is 13.0. The number of piperidine rings is 1. The highest BCUT2D eigenvalue weighted by Gasteiger charge is 2.37. The molecule has 1 saturated heterocycles. The minimum atomic E-state index is -3.93. The number of nitrogens with two attached hydrogens (primary N) is 1. The van der Waals surface area contributed by atoms with E-state index in [2.05, 4.69) is 0 Å². The van der Waals surface area contributed by atoms with Crippen LogP contribution in [-0.2, 0) is 10.0 Å². The first-order valence-corrected chi connectivity index (χ1v) is 8.83. The minimum absolute atomic E-state index is 0. The number of ether oxygens (including phenoxy) is 1. The van der Waals surface area contributed by atoms with Crippen molar-refractivity contribution in [3.63, 3.8) is 0 Å². The fraction of sp³-hybridized carbons (Fsp3) is 0.571. The standard InChI is InChI=1S/C14H21N3O5S.ClH/c1-10(15)12-5-3-4-8-16(12)23(20,21)14-9-11(17(18)19)6-7-13(14)22-2;/h6-7,9-10,12H,3-5,8,15H2,1-2H3;1H. The highest BCUT2D eigenvalue weighted by atomic mass is 35.5. The second kappa shape index (κ2) is 8.11. The van der Waals surface area contributed by atoms with Crippen LogP contribution < -0.4 is 10.5 Å². The second-order valence-corrected chi connectivity index (χ2v) is 7.49. The van der Waals surface area contributed by atoms with E-state index in [4.69, 9.17) is 10.5 Å². The lowest BCUT2D eigenvalue weighted by Crippen LogP contribution is -2.51. The zero-order valence-electron chi connectivity index (χ0n) is 13.5. The topological polar surface area (TPSA) is 116 Å². The molecule has 8 nitrogen and oxygen atoms in total. The van der Waals surface area contributed by atoms with Crippen LogP contribution >= 0.6 is 12.4 Å². The molecule has 2 atom stereocenters. The van der Waals surface area contributed by atoms with E-state index >= 15 is 0 Å². The molecule has 10 heteroatoms. The van der Waals surface area contributed by atoms with Crippen LogP contribution in [-0.4, -0.2) is 43.4 Å². The van der Waals surface area contributed by atoms with Gasteiger partial charge in [-0.25, -0.2) is 8.42 Å². The van der Waals surface area contributed by atoms with Gasteiger partial charge in [-0.3, -0.25) is 10.1 Å². The Bertz CT molecular complexity index is 696. The summed E-state index contributed by atoms with van der Waals surface area (Å²) in [7, 11) is -2.60. The van der Waals surface area contributed by atoms with Crippen molar-refractivity contribution >= 4 is 28.1 Å². The molecule has 0 amide bonds. The summed E-state index contributed by atoms with van der Waals surface area (Å²) >= 11 is 0. The number of hydrogen-bond donors (Lipinski definition) is 1. The van der Waals surface area contributed by atoms with Crippen molar-refractivity contribution < 1.29 is 18.1 Å². The molecule has 1 fully saturated rings. The molecular formula is C14H22ClN3O5S. The molecule has 0 aromatic heterocycles. The first-order valence-electron chi connectivity index (χ1n) is 7.39. The molecule has 0 saturated carbocycles. The monoisotopic (exact) mass is 379 g/mol. The number of rotatable bonds is 5. The Morgan fingerprint density at radius 2 is 2.08 bits per heavy atom. The third kappa shape index (κ3) is 3.97. The molecule has 1 aromatic carbocycles. The van der Waals surface area contributed by atoms with E-state index in [0.29, 0.717) is 13.0 Å². The number of hydrogen-bond acceptors (Lipinski definition) is 6. The summed E-state index contributed by atoms with van der Waals surface area (Å²) < 4.78 is 32.5. The summed E-state index contributed by atoms with van der Waals surface area (Å²) in [6, 6.07) is 2.92. The molecule has 136 valence electrons. The summed E-state index contributed by atoms with van der Waals surface area (Å²) in [6.07, 6.45) is 2.32. The average molecular weight is 380 g/mol. The van der Waals surface area contributed by atoms with Gasteiger partial charge < -0.3 is 10.5 Å². The quantitative estimate of drug-likeness (QED) is 0.617. The predicted molar refractivity (Wildman–Crippen MR) is 92.1 cm³/mol. The van der Waals surface area contributed by atoms with Gasteiger partial charge in [0.25, 0.3) is 5.69 Å². The van der Waals surface area contributed by atoms with Gasteiger partial charge in [-0.1, -0.05) is 6.42 Å². The van der Waals surface area contributed by atoms with E-state index in [9.17, 15) is 18.5 Å². The maximum atomic E-state index is 13.0. The van der Waals surface area contributed by atoms with Crippen molar-refractivity contribution in [3.8, 4) is 5.75 Å². The smallest absolute Gasteiger partial charge is 0.271 e. The Balaban J connectivity index is 0.00000288. The van der Waals surface area contributed by atoms with Gasteiger partial charge in [0.15, 0.2) is 0 Å². The fourth-order valence-electron chi connectivity index (χ4n) is 2.86. The second-order valence-electron chi connectivity index (χ2n) is 5.63. The Kier molecular flexibility index (Phi) is 6.97. The molecule has 2 N–H and O–H groups in total. The van der Waals surface area contributed by atoms with Gasteiger partial charge in [0.1, 0.15) is 10.6 Å². The van der Waals surface area contributed by atoms with E-state index < -0.39 is 14.9 Å². The summed E-state index contributed by atoms with van der Waals surface area (Å²) in [6.45, 7) is 2.11. The number of benzene rings is 1. The molecule has 1 aliphatic heterocycles. The Morgan fingerprint density at radius 1 is 1.42 bits per heavy atom. The lowest BCUT2D eigenvalue weighted by atomic mass is 10.00. The zero-order chi connectivity index (χ0) is 17.2. The molecule has 2 rings (SSSR count). The largest absolute Gasteiger partial charge is 0.495 e. The lowest BCUT2D eigenvalue weighted by molar-refractivity contribution is -0.385. The first-order chi connectivity index (χ1) is 10.8. The summed E-state index contributed by atoms with van der Waals surface area (Å²) in [5, 5.41) is 11.0. The minimum Gasteiger partial charge on any atom is -0.495 e. The van der Waals surface area contributed by atoms with Crippen molar-refractivity contribution in [2.24, 2.45) is 5.73 Å². The molecule has 2 unspecified atom stereocenters. The van der Waals surface area contributed by atoms with Crippen molar-refractivity contribution in [1.29, 1.82) is 0 Å². The first kappa shape index (κ1) is 20.6. The van der Waals surface area contributed by atoms with Crippen molar-refractivity contribution in [2.45, 2.75) is 43.2 Å². The number of sulfonamides is 1. The SMILES string of the molecule is COc1ccc([N+](=O)[O-])cc1S(=O)(=O)N1CCCCC1C(C)N.Cl. The number of nitrogens with zero attached hydrogens (tertiary/aromatic N) is 2. The van der Waals surface area contributed by atoms with Crippen LogP contribution in [0.3, 0.4) is 0 Å².